The highest BCUT2D eigenvalue weighted by Gasteiger charge is 2.41. The van der Waals surface area contributed by atoms with Crippen LogP contribution in [0.3, 0.4) is 0 Å². The molecule has 6 aliphatic heterocycles. The Morgan fingerprint density at radius 3 is 2.37 bits per heavy atom. The molecule has 7 aliphatic rings. The fourth-order valence-electron chi connectivity index (χ4n) is 6.51. The molecule has 194 valence electrons. The zero-order valence-electron chi connectivity index (χ0n) is 21.9. The van der Waals surface area contributed by atoms with Crippen molar-refractivity contribution >= 4 is 11.8 Å². The Bertz CT molecular complexity index is 825. The number of allylic oxidation sites excluding steroid dienone is 1. The first-order valence-corrected chi connectivity index (χ1v) is 13.8. The van der Waals surface area contributed by atoms with Crippen molar-refractivity contribution < 1.29 is 9.59 Å². The van der Waals surface area contributed by atoms with Crippen molar-refractivity contribution in [2.75, 3.05) is 58.9 Å². The maximum atomic E-state index is 12.7. The molecule has 0 radical (unpaired) electrons. The van der Waals surface area contributed by atoms with E-state index < -0.39 is 0 Å². The molecule has 7 fully saturated rings. The summed E-state index contributed by atoms with van der Waals surface area (Å²) < 4.78 is 0. The minimum absolute atomic E-state index is 0.0688. The Morgan fingerprint density at radius 1 is 0.943 bits per heavy atom. The lowest BCUT2D eigenvalue weighted by atomic mass is 9.61. The lowest BCUT2D eigenvalue weighted by molar-refractivity contribution is -0.133. The average molecular weight is 483 g/mol. The molecule has 1 N–H and O–H groups in total. The number of amides is 2. The molecule has 3 atom stereocenters. The van der Waals surface area contributed by atoms with Crippen LogP contribution in [0.2, 0.25) is 0 Å². The second kappa shape index (κ2) is 11.4. The number of hydrogen-bond donors (Lipinski definition) is 1. The zero-order valence-corrected chi connectivity index (χ0v) is 21.9. The van der Waals surface area contributed by atoms with E-state index in [0.29, 0.717) is 24.8 Å². The molecule has 7 rings (SSSR count). The zero-order chi connectivity index (χ0) is 25.0. The van der Waals surface area contributed by atoms with Crippen LogP contribution in [0.25, 0.3) is 0 Å². The molecule has 0 aromatic rings. The number of hydrogen-bond acceptors (Lipinski definition) is 4. The Labute approximate surface area is 212 Å². The summed E-state index contributed by atoms with van der Waals surface area (Å²) in [4.78, 5) is 32.0. The molecule has 0 aromatic carbocycles. The summed E-state index contributed by atoms with van der Waals surface area (Å²) >= 11 is 0. The van der Waals surface area contributed by atoms with E-state index in [9.17, 15) is 9.59 Å². The van der Waals surface area contributed by atoms with Gasteiger partial charge in [0.15, 0.2) is 0 Å². The van der Waals surface area contributed by atoms with Gasteiger partial charge in [-0.25, -0.2) is 0 Å². The number of rotatable bonds is 1. The number of piperazine rings is 1. The van der Waals surface area contributed by atoms with Crippen molar-refractivity contribution in [3.8, 4) is 0 Å². The van der Waals surface area contributed by atoms with Crippen LogP contribution in [0.1, 0.15) is 51.9 Å². The quantitative estimate of drug-likeness (QED) is 0.582. The van der Waals surface area contributed by atoms with Crippen LogP contribution in [0.5, 0.6) is 0 Å². The van der Waals surface area contributed by atoms with E-state index in [1.165, 1.54) is 11.1 Å². The Hall–Kier alpha value is -1.92. The maximum Gasteiger partial charge on any atom is 0.225 e. The minimum atomic E-state index is 0.0688. The molecule has 6 bridgehead atoms. The number of nitrogens with one attached hydrogen (secondary N) is 1. The van der Waals surface area contributed by atoms with E-state index >= 15 is 0 Å². The molecule has 0 spiro atoms. The lowest BCUT2D eigenvalue weighted by Crippen LogP contribution is -2.54. The first kappa shape index (κ1) is 26.2. The second-order valence-electron chi connectivity index (χ2n) is 11.7. The molecule has 6 saturated heterocycles. The van der Waals surface area contributed by atoms with Crippen LogP contribution in [-0.4, -0.2) is 85.4 Å². The summed E-state index contributed by atoms with van der Waals surface area (Å²) in [7, 11) is 0. The van der Waals surface area contributed by atoms with Crippen LogP contribution in [0.4, 0.5) is 0 Å². The Morgan fingerprint density at radius 2 is 1.66 bits per heavy atom. The first-order valence-electron chi connectivity index (χ1n) is 13.8. The van der Waals surface area contributed by atoms with Crippen molar-refractivity contribution in [2.45, 2.75) is 51.9 Å². The molecule has 6 heteroatoms. The van der Waals surface area contributed by atoms with Crippen molar-refractivity contribution in [2.24, 2.45) is 23.2 Å². The largest absolute Gasteiger partial charge is 0.356 e. The fraction of sp³-hybridized carbons (Fsp3) is 0.724. The highest BCUT2D eigenvalue weighted by atomic mass is 16.2. The van der Waals surface area contributed by atoms with Gasteiger partial charge < -0.3 is 10.2 Å². The average Bonchev–Trinajstić information content (AvgIpc) is 2.82. The Kier molecular flexibility index (Phi) is 8.54. The van der Waals surface area contributed by atoms with Crippen LogP contribution in [0, 0.1) is 23.2 Å². The number of carbonyl (C=O) groups excluding carboxylic acids is 2. The van der Waals surface area contributed by atoms with Gasteiger partial charge >= 0.3 is 0 Å². The monoisotopic (exact) mass is 482 g/mol. The summed E-state index contributed by atoms with van der Waals surface area (Å²) in [6, 6.07) is 0. The normalized spacial score (nSPS) is 38.1. The molecule has 35 heavy (non-hydrogen) atoms. The SMILES string of the molecule is C=C[C@]1(C)CC[C@@H]2C[C@H]1C(=C)CN1CCN(CC1)C(=O)CCCCCNC(=O)C1CN(CC2=C)C1. The van der Waals surface area contributed by atoms with E-state index in [4.69, 9.17) is 0 Å². The van der Waals surface area contributed by atoms with Gasteiger partial charge in [-0.15, -0.1) is 6.58 Å². The van der Waals surface area contributed by atoms with Gasteiger partial charge in [-0.3, -0.25) is 19.4 Å². The number of carbonyl (C=O) groups is 2. The van der Waals surface area contributed by atoms with Crippen molar-refractivity contribution in [1.29, 1.82) is 0 Å². The van der Waals surface area contributed by atoms with Gasteiger partial charge in [-0.2, -0.15) is 0 Å². The first-order chi connectivity index (χ1) is 16.8. The van der Waals surface area contributed by atoms with Crippen LogP contribution in [-0.2, 0) is 9.59 Å². The molecular formula is C29H46N4O2. The maximum absolute atomic E-state index is 12.7. The molecule has 6 heterocycles. The molecule has 0 aromatic heterocycles. The molecule has 1 aliphatic carbocycles. The standard InChI is InChI=1S/C29H46N4O2/c1-5-29(4)11-10-24-17-26(29)23(3)19-31-13-15-33(16-14-31)27(34)9-7-6-8-12-30-28(35)25-20-32(21-25)18-22(24)2/h5,24-26H,1-3,6-21H2,4H3,(H,30,35)/t24-,26+,29-/m1/s1. The predicted octanol–water partition coefficient (Wildman–Crippen LogP) is 3.47. The molecular weight excluding hydrogens is 436 g/mol. The van der Waals surface area contributed by atoms with Crippen molar-refractivity contribution in [1.82, 2.24) is 20.0 Å². The summed E-state index contributed by atoms with van der Waals surface area (Å²) in [6.45, 7) is 23.2. The van der Waals surface area contributed by atoms with Crippen molar-refractivity contribution in [3.05, 3.63) is 37.0 Å². The predicted molar refractivity (Wildman–Crippen MR) is 142 cm³/mol. The molecule has 6 nitrogen and oxygen atoms in total. The van der Waals surface area contributed by atoms with Crippen molar-refractivity contribution in [3.63, 3.8) is 0 Å². The van der Waals surface area contributed by atoms with E-state index in [2.05, 4.69) is 47.9 Å². The van der Waals surface area contributed by atoms with Gasteiger partial charge in [0.05, 0.1) is 5.92 Å². The summed E-state index contributed by atoms with van der Waals surface area (Å²) in [5.74, 6) is 1.44. The van der Waals surface area contributed by atoms with Crippen LogP contribution >= 0.6 is 0 Å². The molecule has 1 saturated carbocycles. The Balaban J connectivity index is 1.43. The third kappa shape index (κ3) is 6.26. The van der Waals surface area contributed by atoms with Crippen LogP contribution < -0.4 is 5.32 Å². The third-order valence-electron chi connectivity index (χ3n) is 9.16. The van der Waals surface area contributed by atoms with E-state index in [1.54, 1.807) is 0 Å². The van der Waals surface area contributed by atoms with Gasteiger partial charge in [0.25, 0.3) is 0 Å². The highest BCUT2D eigenvalue weighted by Crippen LogP contribution is 2.49. The summed E-state index contributed by atoms with van der Waals surface area (Å²) in [5.41, 5.74) is 2.67. The second-order valence-corrected chi connectivity index (χ2v) is 11.7. The van der Waals surface area contributed by atoms with E-state index in [0.717, 1.165) is 90.9 Å². The van der Waals surface area contributed by atoms with Gasteiger partial charge in [-0.05, 0) is 49.4 Å². The topological polar surface area (TPSA) is 55.9 Å². The van der Waals surface area contributed by atoms with E-state index in [-0.39, 0.29) is 23.1 Å². The smallest absolute Gasteiger partial charge is 0.225 e. The summed E-state index contributed by atoms with van der Waals surface area (Å²) in [6.07, 6.45) is 8.91. The van der Waals surface area contributed by atoms with Gasteiger partial charge in [-0.1, -0.05) is 43.7 Å². The van der Waals surface area contributed by atoms with E-state index in [1.807, 2.05) is 4.90 Å². The molecule has 0 unspecified atom stereocenters. The summed E-state index contributed by atoms with van der Waals surface area (Å²) in [5, 5.41) is 3.10. The minimum Gasteiger partial charge on any atom is -0.356 e. The van der Waals surface area contributed by atoms with Gasteiger partial charge in [0.2, 0.25) is 11.8 Å². The lowest BCUT2D eigenvalue weighted by Gasteiger charge is -2.46. The highest BCUT2D eigenvalue weighted by molar-refractivity contribution is 5.80. The fourth-order valence-corrected chi connectivity index (χ4v) is 6.51. The van der Waals surface area contributed by atoms with Gasteiger partial charge in [0, 0.05) is 65.3 Å². The van der Waals surface area contributed by atoms with Crippen LogP contribution in [0.15, 0.2) is 37.0 Å². The van der Waals surface area contributed by atoms with Gasteiger partial charge in [0.1, 0.15) is 0 Å². The molecule has 2 amide bonds. The number of nitrogens with zero attached hydrogens (tertiary/aromatic N) is 3. The third-order valence-corrected chi connectivity index (χ3v) is 9.16.